The Kier molecular flexibility index (Phi) is 4.08. The Morgan fingerprint density at radius 1 is 0.952 bits per heavy atom. The molecule has 0 fully saturated rings. The summed E-state index contributed by atoms with van der Waals surface area (Å²) in [5, 5.41) is 9.76. The molecule has 21 heavy (non-hydrogen) atoms. The first-order valence-electron chi connectivity index (χ1n) is 6.22. The van der Waals surface area contributed by atoms with Crippen LogP contribution >= 0.6 is 27.3 Å². The zero-order valence-electron chi connectivity index (χ0n) is 10.9. The van der Waals surface area contributed by atoms with Crippen LogP contribution in [0.15, 0.2) is 69.3 Å². The quantitative estimate of drug-likeness (QED) is 0.621. The minimum absolute atomic E-state index is 0.481. The second-order valence-electron chi connectivity index (χ2n) is 4.22. The van der Waals surface area contributed by atoms with E-state index in [9.17, 15) is 0 Å². The number of azo groups is 1. The van der Waals surface area contributed by atoms with Crippen molar-refractivity contribution in [3.8, 4) is 11.3 Å². The van der Waals surface area contributed by atoms with E-state index in [1.54, 1.807) is 0 Å². The third-order valence-corrected chi connectivity index (χ3v) is 4.21. The standard InChI is InChI=1S/C15H11BrN4S/c16-11-8-4-5-9-12(11)19-20-14-13(18-15(17)21-14)10-6-2-1-3-7-10/h1-9H,(H2,17,18). The van der Waals surface area contributed by atoms with Gasteiger partial charge in [0.25, 0.3) is 0 Å². The Bertz CT molecular complexity index is 783. The fourth-order valence-electron chi connectivity index (χ4n) is 1.81. The Labute approximate surface area is 134 Å². The van der Waals surface area contributed by atoms with E-state index < -0.39 is 0 Å². The first-order chi connectivity index (χ1) is 10.2. The number of nitrogens with zero attached hydrogens (tertiary/aromatic N) is 3. The van der Waals surface area contributed by atoms with Crippen LogP contribution in [0.1, 0.15) is 0 Å². The summed E-state index contributed by atoms with van der Waals surface area (Å²) in [4.78, 5) is 4.35. The van der Waals surface area contributed by atoms with E-state index in [-0.39, 0.29) is 0 Å². The monoisotopic (exact) mass is 358 g/mol. The highest BCUT2D eigenvalue weighted by Gasteiger charge is 2.11. The van der Waals surface area contributed by atoms with Gasteiger partial charge in [0, 0.05) is 10.0 Å². The van der Waals surface area contributed by atoms with Gasteiger partial charge in [-0.05, 0) is 28.1 Å². The van der Waals surface area contributed by atoms with Crippen molar-refractivity contribution in [1.82, 2.24) is 4.98 Å². The molecule has 0 radical (unpaired) electrons. The maximum absolute atomic E-state index is 5.81. The summed E-state index contributed by atoms with van der Waals surface area (Å²) in [5.74, 6) is 0. The molecule has 6 heteroatoms. The number of hydrogen-bond donors (Lipinski definition) is 1. The van der Waals surface area contributed by atoms with Crippen molar-refractivity contribution in [3.63, 3.8) is 0 Å². The summed E-state index contributed by atoms with van der Waals surface area (Å²) in [6, 6.07) is 17.5. The average Bonchev–Trinajstić information content (AvgIpc) is 2.88. The number of aromatic nitrogens is 1. The normalized spacial score (nSPS) is 11.1. The van der Waals surface area contributed by atoms with Gasteiger partial charge in [-0.15, -0.1) is 10.2 Å². The van der Waals surface area contributed by atoms with Crippen LogP contribution < -0.4 is 5.73 Å². The molecule has 4 nitrogen and oxygen atoms in total. The number of thiazole rings is 1. The lowest BCUT2D eigenvalue weighted by Crippen LogP contribution is -1.82. The summed E-state index contributed by atoms with van der Waals surface area (Å²) >= 11 is 4.77. The van der Waals surface area contributed by atoms with Crippen molar-refractivity contribution < 1.29 is 0 Å². The topological polar surface area (TPSA) is 63.6 Å². The van der Waals surface area contributed by atoms with Gasteiger partial charge in [-0.25, -0.2) is 4.98 Å². The second-order valence-corrected chi connectivity index (χ2v) is 6.09. The van der Waals surface area contributed by atoms with Gasteiger partial charge in [0.15, 0.2) is 10.1 Å². The van der Waals surface area contributed by atoms with Gasteiger partial charge in [0.1, 0.15) is 5.69 Å². The molecule has 1 heterocycles. The van der Waals surface area contributed by atoms with E-state index in [1.165, 1.54) is 11.3 Å². The Balaban J connectivity index is 1.99. The summed E-state index contributed by atoms with van der Waals surface area (Å²) in [7, 11) is 0. The number of benzene rings is 2. The molecule has 0 saturated heterocycles. The Hall–Kier alpha value is -2.05. The molecule has 0 bridgehead atoms. The van der Waals surface area contributed by atoms with Crippen molar-refractivity contribution >= 4 is 43.1 Å². The SMILES string of the molecule is Nc1nc(-c2ccccc2)c(N=Nc2ccccc2Br)s1. The zero-order valence-corrected chi connectivity index (χ0v) is 13.3. The van der Waals surface area contributed by atoms with Crippen LogP contribution in [0.4, 0.5) is 15.8 Å². The van der Waals surface area contributed by atoms with E-state index in [0.29, 0.717) is 10.1 Å². The van der Waals surface area contributed by atoms with E-state index >= 15 is 0 Å². The number of nitrogen functional groups attached to an aromatic ring is 1. The van der Waals surface area contributed by atoms with Crippen molar-refractivity contribution in [3.05, 3.63) is 59.1 Å². The van der Waals surface area contributed by atoms with Crippen molar-refractivity contribution in [2.75, 3.05) is 5.73 Å². The smallest absolute Gasteiger partial charge is 0.182 e. The zero-order chi connectivity index (χ0) is 14.7. The largest absolute Gasteiger partial charge is 0.375 e. The van der Waals surface area contributed by atoms with Crippen molar-refractivity contribution in [1.29, 1.82) is 0 Å². The molecule has 2 aromatic carbocycles. The molecule has 1 aromatic heterocycles. The highest BCUT2D eigenvalue weighted by atomic mass is 79.9. The maximum Gasteiger partial charge on any atom is 0.182 e. The first-order valence-corrected chi connectivity index (χ1v) is 7.83. The molecule has 0 aliphatic carbocycles. The van der Waals surface area contributed by atoms with Crippen LogP contribution in [0, 0.1) is 0 Å². The van der Waals surface area contributed by atoms with Crippen LogP contribution in [0.3, 0.4) is 0 Å². The van der Waals surface area contributed by atoms with Gasteiger partial charge >= 0.3 is 0 Å². The Morgan fingerprint density at radius 2 is 1.67 bits per heavy atom. The molecular weight excluding hydrogens is 348 g/mol. The van der Waals surface area contributed by atoms with Crippen molar-refractivity contribution in [2.24, 2.45) is 10.2 Å². The van der Waals surface area contributed by atoms with Gasteiger partial charge in [0.05, 0.1) is 5.69 Å². The summed E-state index contributed by atoms with van der Waals surface area (Å²) in [5.41, 5.74) is 8.32. The van der Waals surface area contributed by atoms with Crippen LogP contribution in [0.25, 0.3) is 11.3 Å². The predicted molar refractivity (Wildman–Crippen MR) is 90.3 cm³/mol. The number of halogens is 1. The minimum atomic E-state index is 0.481. The molecule has 2 N–H and O–H groups in total. The third kappa shape index (κ3) is 3.17. The van der Waals surface area contributed by atoms with Gasteiger partial charge < -0.3 is 5.73 Å². The molecule has 0 unspecified atom stereocenters. The molecule has 3 rings (SSSR count). The molecule has 104 valence electrons. The average molecular weight is 359 g/mol. The first kappa shape index (κ1) is 13.9. The molecular formula is C15H11BrN4S. The lowest BCUT2D eigenvalue weighted by atomic mass is 10.2. The lowest BCUT2D eigenvalue weighted by molar-refractivity contribution is 1.24. The molecule has 0 amide bonds. The highest BCUT2D eigenvalue weighted by Crippen LogP contribution is 2.38. The second kappa shape index (κ2) is 6.15. The Morgan fingerprint density at radius 3 is 2.43 bits per heavy atom. The summed E-state index contributed by atoms with van der Waals surface area (Å²) in [6.07, 6.45) is 0. The number of anilines is 1. The van der Waals surface area contributed by atoms with Gasteiger partial charge in [-0.2, -0.15) is 0 Å². The molecule has 0 saturated carbocycles. The van der Waals surface area contributed by atoms with E-state index in [4.69, 9.17) is 5.73 Å². The number of hydrogen-bond acceptors (Lipinski definition) is 5. The molecule has 0 aliphatic heterocycles. The fourth-order valence-corrected chi connectivity index (χ4v) is 2.85. The van der Waals surface area contributed by atoms with Crippen molar-refractivity contribution in [2.45, 2.75) is 0 Å². The van der Waals surface area contributed by atoms with Crippen LogP contribution in [0.5, 0.6) is 0 Å². The maximum atomic E-state index is 5.81. The van der Waals surface area contributed by atoms with Gasteiger partial charge in [-0.1, -0.05) is 53.8 Å². The van der Waals surface area contributed by atoms with Crippen LogP contribution in [0.2, 0.25) is 0 Å². The molecule has 3 aromatic rings. The molecule has 0 spiro atoms. The predicted octanol–water partition coefficient (Wildman–Crippen LogP) is 5.57. The highest BCUT2D eigenvalue weighted by molar-refractivity contribution is 9.10. The molecule has 0 aliphatic rings. The van der Waals surface area contributed by atoms with E-state index in [1.807, 2.05) is 54.6 Å². The number of rotatable bonds is 3. The molecule has 0 atom stereocenters. The summed E-state index contributed by atoms with van der Waals surface area (Å²) in [6.45, 7) is 0. The minimum Gasteiger partial charge on any atom is -0.375 e. The van der Waals surface area contributed by atoms with Crippen LogP contribution in [-0.2, 0) is 0 Å². The van der Waals surface area contributed by atoms with Crippen LogP contribution in [-0.4, -0.2) is 4.98 Å². The van der Waals surface area contributed by atoms with Gasteiger partial charge in [0.2, 0.25) is 0 Å². The number of nitrogens with two attached hydrogens (primary N) is 1. The van der Waals surface area contributed by atoms with Gasteiger partial charge in [-0.3, -0.25) is 0 Å². The van der Waals surface area contributed by atoms with E-state index in [0.717, 1.165) is 21.4 Å². The third-order valence-electron chi connectivity index (χ3n) is 2.77. The fraction of sp³-hybridized carbons (Fsp3) is 0. The summed E-state index contributed by atoms with van der Waals surface area (Å²) < 4.78 is 0.896. The lowest BCUT2D eigenvalue weighted by Gasteiger charge is -1.98. The van der Waals surface area contributed by atoms with E-state index in [2.05, 4.69) is 31.1 Å².